The first-order valence-corrected chi connectivity index (χ1v) is 6.93. The van der Waals surface area contributed by atoms with E-state index in [1.165, 1.54) is 6.92 Å². The van der Waals surface area contributed by atoms with Crippen molar-refractivity contribution in [2.45, 2.75) is 68.3 Å². The molecule has 0 aromatic carbocycles. The summed E-state index contributed by atoms with van der Waals surface area (Å²) in [5.41, 5.74) is 0. The molecule has 0 aliphatic carbocycles. The van der Waals surface area contributed by atoms with Crippen LogP contribution in [0.4, 0.5) is 0 Å². The lowest BCUT2D eigenvalue weighted by atomic mass is 9.97. The zero-order valence-corrected chi connectivity index (χ0v) is 11.8. The standard InChI is InChI=1S/C12H22O10/c1-3-5(14)7(16)8(17)12(20-3)22-10-6(15)4(2-13)21-11(19)9(10)18/h3-19H,2H2,1H3/t3-,4+,5+,6+,7+,8-,9+,10-,11?,12-/m0/s1. The van der Waals surface area contributed by atoms with Gasteiger partial charge < -0.3 is 50.0 Å². The Morgan fingerprint density at radius 3 is 2.05 bits per heavy atom. The second-order valence-electron chi connectivity index (χ2n) is 5.51. The number of aliphatic hydroxyl groups is 7. The van der Waals surface area contributed by atoms with E-state index in [9.17, 15) is 30.6 Å². The lowest BCUT2D eigenvalue weighted by Gasteiger charge is -2.44. The molecule has 1 unspecified atom stereocenters. The smallest absolute Gasteiger partial charge is 0.187 e. The van der Waals surface area contributed by atoms with Crippen LogP contribution in [0.5, 0.6) is 0 Å². The van der Waals surface area contributed by atoms with E-state index in [0.29, 0.717) is 0 Å². The van der Waals surface area contributed by atoms with E-state index >= 15 is 0 Å². The summed E-state index contributed by atoms with van der Waals surface area (Å²) in [6.45, 7) is 0.814. The van der Waals surface area contributed by atoms with Crippen molar-refractivity contribution in [1.29, 1.82) is 0 Å². The van der Waals surface area contributed by atoms with Gasteiger partial charge >= 0.3 is 0 Å². The molecule has 2 fully saturated rings. The van der Waals surface area contributed by atoms with E-state index < -0.39 is 68.0 Å². The van der Waals surface area contributed by atoms with Crippen LogP contribution in [0, 0.1) is 0 Å². The topological polar surface area (TPSA) is 169 Å². The van der Waals surface area contributed by atoms with Gasteiger partial charge in [0.05, 0.1) is 12.7 Å². The van der Waals surface area contributed by atoms with E-state index in [-0.39, 0.29) is 0 Å². The second-order valence-corrected chi connectivity index (χ2v) is 5.51. The van der Waals surface area contributed by atoms with Gasteiger partial charge in [-0.15, -0.1) is 0 Å². The Hall–Kier alpha value is -0.400. The lowest BCUT2D eigenvalue weighted by Crippen LogP contribution is -2.63. The zero-order valence-electron chi connectivity index (χ0n) is 11.8. The first kappa shape index (κ1) is 17.9. The second kappa shape index (κ2) is 7.01. The minimum Gasteiger partial charge on any atom is -0.394 e. The summed E-state index contributed by atoms with van der Waals surface area (Å²) >= 11 is 0. The van der Waals surface area contributed by atoms with Crippen LogP contribution in [0.2, 0.25) is 0 Å². The average molecular weight is 326 g/mol. The maximum absolute atomic E-state index is 9.99. The van der Waals surface area contributed by atoms with E-state index in [1.807, 2.05) is 0 Å². The van der Waals surface area contributed by atoms with Gasteiger partial charge in [-0.25, -0.2) is 0 Å². The Balaban J connectivity index is 2.10. The summed E-state index contributed by atoms with van der Waals surface area (Å²) < 4.78 is 15.3. The molecule has 0 amide bonds. The van der Waals surface area contributed by atoms with Crippen molar-refractivity contribution in [2.75, 3.05) is 6.61 Å². The van der Waals surface area contributed by atoms with Crippen molar-refractivity contribution < 1.29 is 50.0 Å². The van der Waals surface area contributed by atoms with Gasteiger partial charge in [0, 0.05) is 0 Å². The van der Waals surface area contributed by atoms with Crippen LogP contribution in [0.15, 0.2) is 0 Å². The highest BCUT2D eigenvalue weighted by atomic mass is 16.7. The normalized spacial score (nSPS) is 53.5. The molecule has 2 aliphatic rings. The van der Waals surface area contributed by atoms with Crippen LogP contribution < -0.4 is 0 Å². The Labute approximate surface area is 126 Å². The molecule has 10 heteroatoms. The Morgan fingerprint density at radius 2 is 1.45 bits per heavy atom. The summed E-state index contributed by atoms with van der Waals surface area (Å²) in [5, 5.41) is 67.6. The van der Waals surface area contributed by atoms with Crippen molar-refractivity contribution in [1.82, 2.24) is 0 Å². The molecule has 0 radical (unpaired) electrons. The third-order valence-corrected chi connectivity index (χ3v) is 3.94. The summed E-state index contributed by atoms with van der Waals surface area (Å²) in [5.74, 6) is 0. The van der Waals surface area contributed by atoms with Gasteiger partial charge in [-0.05, 0) is 6.92 Å². The maximum Gasteiger partial charge on any atom is 0.187 e. The fraction of sp³-hybridized carbons (Fsp3) is 1.00. The van der Waals surface area contributed by atoms with Crippen molar-refractivity contribution in [2.24, 2.45) is 0 Å². The van der Waals surface area contributed by atoms with E-state index in [2.05, 4.69) is 0 Å². The van der Waals surface area contributed by atoms with Crippen LogP contribution in [-0.2, 0) is 14.2 Å². The highest BCUT2D eigenvalue weighted by Gasteiger charge is 2.49. The van der Waals surface area contributed by atoms with E-state index in [1.54, 1.807) is 0 Å². The first-order chi connectivity index (χ1) is 10.3. The SMILES string of the molecule is C[C@@H]1O[C@@H](O[C@H]2[C@H](O)[C@@H](CO)OC(O)[C@@H]2O)[C@@H](O)[C@H](O)[C@@H]1O. The van der Waals surface area contributed by atoms with Gasteiger partial charge in [-0.2, -0.15) is 0 Å². The largest absolute Gasteiger partial charge is 0.394 e. The Kier molecular flexibility index (Phi) is 5.72. The minimum absolute atomic E-state index is 0.628. The highest BCUT2D eigenvalue weighted by molar-refractivity contribution is 4.93. The molecule has 130 valence electrons. The molecule has 10 atom stereocenters. The van der Waals surface area contributed by atoms with Gasteiger partial charge in [-0.1, -0.05) is 0 Å². The van der Waals surface area contributed by atoms with E-state index in [0.717, 1.165) is 0 Å². The minimum atomic E-state index is -1.71. The Bertz CT molecular complexity index is 368. The van der Waals surface area contributed by atoms with Crippen LogP contribution in [0.1, 0.15) is 6.92 Å². The van der Waals surface area contributed by atoms with Crippen molar-refractivity contribution in [3.63, 3.8) is 0 Å². The molecular weight excluding hydrogens is 304 g/mol. The molecule has 2 rings (SSSR count). The third-order valence-electron chi connectivity index (χ3n) is 3.94. The van der Waals surface area contributed by atoms with Crippen molar-refractivity contribution in [3.05, 3.63) is 0 Å². The molecule has 2 saturated heterocycles. The summed E-state index contributed by atoms with van der Waals surface area (Å²) in [7, 11) is 0. The van der Waals surface area contributed by atoms with Gasteiger partial charge in [-0.3, -0.25) is 0 Å². The van der Waals surface area contributed by atoms with E-state index in [4.69, 9.17) is 19.3 Å². The fourth-order valence-electron chi connectivity index (χ4n) is 2.51. The third kappa shape index (κ3) is 3.26. The quantitative estimate of drug-likeness (QED) is 0.269. The summed E-state index contributed by atoms with van der Waals surface area (Å²) in [4.78, 5) is 0. The monoisotopic (exact) mass is 326 g/mol. The molecule has 0 aromatic rings. The molecule has 2 heterocycles. The number of rotatable bonds is 3. The van der Waals surface area contributed by atoms with Crippen LogP contribution in [0.3, 0.4) is 0 Å². The van der Waals surface area contributed by atoms with Gasteiger partial charge in [0.2, 0.25) is 0 Å². The molecule has 2 aliphatic heterocycles. The molecular formula is C12H22O10. The predicted molar refractivity (Wildman–Crippen MR) is 67.2 cm³/mol. The number of hydrogen-bond acceptors (Lipinski definition) is 10. The van der Waals surface area contributed by atoms with Gasteiger partial charge in [0.25, 0.3) is 0 Å². The van der Waals surface area contributed by atoms with Crippen LogP contribution in [-0.4, -0.2) is 104 Å². The zero-order chi connectivity index (χ0) is 16.6. The van der Waals surface area contributed by atoms with Gasteiger partial charge in [0.1, 0.15) is 42.7 Å². The molecule has 0 aromatic heterocycles. The maximum atomic E-state index is 9.99. The molecule has 0 saturated carbocycles. The van der Waals surface area contributed by atoms with Crippen molar-refractivity contribution >= 4 is 0 Å². The molecule has 7 N–H and O–H groups in total. The fourth-order valence-corrected chi connectivity index (χ4v) is 2.51. The molecule has 22 heavy (non-hydrogen) atoms. The molecule has 0 bridgehead atoms. The van der Waals surface area contributed by atoms with Gasteiger partial charge in [0.15, 0.2) is 12.6 Å². The average Bonchev–Trinajstić information content (AvgIpc) is 2.50. The van der Waals surface area contributed by atoms with Crippen LogP contribution >= 0.6 is 0 Å². The lowest BCUT2D eigenvalue weighted by molar-refractivity contribution is -0.352. The predicted octanol–water partition coefficient (Wildman–Crippen LogP) is -4.37. The van der Waals surface area contributed by atoms with Crippen LogP contribution in [0.25, 0.3) is 0 Å². The number of ether oxygens (including phenoxy) is 3. The first-order valence-electron chi connectivity index (χ1n) is 6.93. The molecule has 0 spiro atoms. The summed E-state index contributed by atoms with van der Waals surface area (Å²) in [6, 6.07) is 0. The summed E-state index contributed by atoms with van der Waals surface area (Å²) in [6.07, 6.45) is -14.3. The number of aliphatic hydroxyl groups excluding tert-OH is 7. The highest BCUT2D eigenvalue weighted by Crippen LogP contribution is 2.28. The number of hydrogen-bond donors (Lipinski definition) is 7. The van der Waals surface area contributed by atoms with Crippen molar-refractivity contribution in [3.8, 4) is 0 Å². The molecule has 10 nitrogen and oxygen atoms in total. The Morgan fingerprint density at radius 1 is 0.818 bits per heavy atom.